The Morgan fingerprint density at radius 2 is 2.28 bits per heavy atom. The van der Waals surface area contributed by atoms with E-state index in [2.05, 4.69) is 0 Å². The molecule has 1 aliphatic heterocycles. The molecule has 4 nitrogen and oxygen atoms in total. The van der Waals surface area contributed by atoms with E-state index < -0.39 is 5.82 Å². The van der Waals surface area contributed by atoms with Crippen molar-refractivity contribution in [2.45, 2.75) is 19.4 Å². The van der Waals surface area contributed by atoms with Gasteiger partial charge in [0, 0.05) is 13.1 Å². The zero-order valence-corrected chi connectivity index (χ0v) is 10.3. The van der Waals surface area contributed by atoms with E-state index in [1.165, 1.54) is 18.2 Å². The van der Waals surface area contributed by atoms with Crippen LogP contribution >= 0.6 is 0 Å². The van der Waals surface area contributed by atoms with Crippen molar-refractivity contribution in [3.8, 4) is 0 Å². The van der Waals surface area contributed by atoms with Gasteiger partial charge in [-0.15, -0.1) is 0 Å². The largest absolute Gasteiger partial charge is 0.396 e. The number of para-hydroxylation sites is 1. The SMILES string of the molecule is CC1CN(C(=O)c2cccc(F)c2N)CCC1O. The van der Waals surface area contributed by atoms with Crippen LogP contribution < -0.4 is 5.73 Å². The lowest BCUT2D eigenvalue weighted by atomic mass is 9.96. The van der Waals surface area contributed by atoms with Gasteiger partial charge >= 0.3 is 0 Å². The Balaban J connectivity index is 2.19. The van der Waals surface area contributed by atoms with Gasteiger partial charge in [0.2, 0.25) is 0 Å². The fraction of sp³-hybridized carbons (Fsp3) is 0.462. The zero-order valence-electron chi connectivity index (χ0n) is 10.3. The molecule has 0 aromatic heterocycles. The van der Waals surface area contributed by atoms with Crippen molar-refractivity contribution in [1.82, 2.24) is 4.90 Å². The van der Waals surface area contributed by atoms with Crippen molar-refractivity contribution in [3.05, 3.63) is 29.6 Å². The van der Waals surface area contributed by atoms with Crippen molar-refractivity contribution in [2.24, 2.45) is 5.92 Å². The number of anilines is 1. The molecule has 98 valence electrons. The van der Waals surface area contributed by atoms with Crippen LogP contribution in [0.1, 0.15) is 23.7 Å². The molecule has 0 radical (unpaired) electrons. The molecule has 5 heteroatoms. The molecule has 0 spiro atoms. The number of halogens is 1. The van der Waals surface area contributed by atoms with Gasteiger partial charge in [0.15, 0.2) is 0 Å². The third kappa shape index (κ3) is 2.31. The topological polar surface area (TPSA) is 66.6 Å². The van der Waals surface area contributed by atoms with E-state index in [0.717, 1.165) is 0 Å². The number of aliphatic hydroxyl groups excluding tert-OH is 1. The van der Waals surface area contributed by atoms with Crippen LogP contribution in [-0.4, -0.2) is 35.1 Å². The maximum atomic E-state index is 13.3. The first-order valence-corrected chi connectivity index (χ1v) is 6.02. The van der Waals surface area contributed by atoms with Gasteiger partial charge in [-0.3, -0.25) is 4.79 Å². The number of amides is 1. The highest BCUT2D eigenvalue weighted by molar-refractivity contribution is 5.99. The minimum absolute atomic E-state index is 0.0254. The number of likely N-dealkylation sites (tertiary alicyclic amines) is 1. The van der Waals surface area contributed by atoms with Gasteiger partial charge in [0.25, 0.3) is 5.91 Å². The Morgan fingerprint density at radius 1 is 1.56 bits per heavy atom. The molecular weight excluding hydrogens is 235 g/mol. The molecular formula is C13H17FN2O2. The Kier molecular flexibility index (Phi) is 3.52. The molecule has 1 saturated heterocycles. The van der Waals surface area contributed by atoms with E-state index in [-0.39, 0.29) is 29.2 Å². The Labute approximate surface area is 105 Å². The van der Waals surface area contributed by atoms with Crippen molar-refractivity contribution in [2.75, 3.05) is 18.8 Å². The summed E-state index contributed by atoms with van der Waals surface area (Å²) in [6.45, 7) is 2.83. The van der Waals surface area contributed by atoms with Gasteiger partial charge in [0.1, 0.15) is 5.82 Å². The molecule has 1 aromatic carbocycles. The summed E-state index contributed by atoms with van der Waals surface area (Å²) in [7, 11) is 0. The number of nitrogen functional groups attached to an aromatic ring is 1. The first-order chi connectivity index (χ1) is 8.50. The monoisotopic (exact) mass is 252 g/mol. The Morgan fingerprint density at radius 3 is 2.94 bits per heavy atom. The summed E-state index contributed by atoms with van der Waals surface area (Å²) in [5.74, 6) is -0.825. The predicted octanol–water partition coefficient (Wildman–Crippen LogP) is 1.25. The summed E-state index contributed by atoms with van der Waals surface area (Å²) in [4.78, 5) is 13.8. The molecule has 1 fully saturated rings. The average Bonchev–Trinajstić information content (AvgIpc) is 2.35. The number of rotatable bonds is 1. The highest BCUT2D eigenvalue weighted by atomic mass is 19.1. The number of piperidine rings is 1. The molecule has 2 atom stereocenters. The molecule has 1 heterocycles. The van der Waals surface area contributed by atoms with Gasteiger partial charge in [0.05, 0.1) is 17.4 Å². The zero-order chi connectivity index (χ0) is 13.3. The maximum absolute atomic E-state index is 13.3. The van der Waals surface area contributed by atoms with E-state index in [0.29, 0.717) is 19.5 Å². The molecule has 18 heavy (non-hydrogen) atoms. The second-order valence-corrected chi connectivity index (χ2v) is 4.79. The minimum atomic E-state index is -0.578. The number of carbonyl (C=O) groups is 1. The van der Waals surface area contributed by atoms with E-state index in [9.17, 15) is 14.3 Å². The number of aliphatic hydroxyl groups is 1. The molecule has 0 aliphatic carbocycles. The van der Waals surface area contributed by atoms with E-state index in [1.807, 2.05) is 6.92 Å². The number of carbonyl (C=O) groups excluding carboxylic acids is 1. The molecule has 3 N–H and O–H groups in total. The van der Waals surface area contributed by atoms with Crippen molar-refractivity contribution in [1.29, 1.82) is 0 Å². The number of hydrogen-bond acceptors (Lipinski definition) is 3. The second kappa shape index (κ2) is 4.94. The van der Waals surface area contributed by atoms with Crippen LogP contribution in [-0.2, 0) is 0 Å². The first-order valence-electron chi connectivity index (χ1n) is 6.02. The molecule has 0 saturated carbocycles. The summed E-state index contributed by atoms with van der Waals surface area (Å²) >= 11 is 0. The van der Waals surface area contributed by atoms with Gasteiger partial charge in [-0.05, 0) is 24.5 Å². The third-order valence-corrected chi connectivity index (χ3v) is 3.43. The first kappa shape index (κ1) is 12.8. The van der Waals surface area contributed by atoms with Crippen LogP contribution in [0.2, 0.25) is 0 Å². The molecule has 2 rings (SSSR count). The lowest BCUT2D eigenvalue weighted by Gasteiger charge is -2.34. The summed E-state index contributed by atoms with van der Waals surface area (Å²) in [5.41, 5.74) is 5.66. The third-order valence-electron chi connectivity index (χ3n) is 3.43. The van der Waals surface area contributed by atoms with E-state index in [1.54, 1.807) is 4.90 Å². The molecule has 1 amide bonds. The predicted molar refractivity (Wildman–Crippen MR) is 66.5 cm³/mol. The quantitative estimate of drug-likeness (QED) is 0.739. The minimum Gasteiger partial charge on any atom is -0.396 e. The van der Waals surface area contributed by atoms with Crippen LogP contribution in [0, 0.1) is 11.7 Å². The van der Waals surface area contributed by atoms with E-state index in [4.69, 9.17) is 5.73 Å². The average molecular weight is 252 g/mol. The lowest BCUT2D eigenvalue weighted by molar-refractivity contribution is 0.0298. The fourth-order valence-electron chi connectivity index (χ4n) is 2.21. The highest BCUT2D eigenvalue weighted by Crippen LogP contribution is 2.22. The van der Waals surface area contributed by atoms with Crippen LogP contribution in [0.15, 0.2) is 18.2 Å². The molecule has 1 aliphatic rings. The second-order valence-electron chi connectivity index (χ2n) is 4.79. The van der Waals surface area contributed by atoms with Gasteiger partial charge in [-0.2, -0.15) is 0 Å². The number of nitrogens with zero attached hydrogens (tertiary/aromatic N) is 1. The summed E-state index contributed by atoms with van der Waals surface area (Å²) in [6.07, 6.45) is 0.168. The number of benzene rings is 1. The standard InChI is InChI=1S/C13H17FN2O2/c1-8-7-16(6-5-11(8)17)13(18)9-3-2-4-10(14)12(9)15/h2-4,8,11,17H,5-7,15H2,1H3. The maximum Gasteiger partial charge on any atom is 0.256 e. The fourth-order valence-corrected chi connectivity index (χ4v) is 2.21. The van der Waals surface area contributed by atoms with Gasteiger partial charge in [-0.1, -0.05) is 13.0 Å². The smallest absolute Gasteiger partial charge is 0.256 e. The molecule has 0 bridgehead atoms. The van der Waals surface area contributed by atoms with Crippen LogP contribution in [0.5, 0.6) is 0 Å². The number of nitrogens with two attached hydrogens (primary N) is 1. The van der Waals surface area contributed by atoms with Crippen LogP contribution in [0.3, 0.4) is 0 Å². The van der Waals surface area contributed by atoms with Crippen LogP contribution in [0.4, 0.5) is 10.1 Å². The Hall–Kier alpha value is -1.62. The molecule has 2 unspecified atom stereocenters. The lowest BCUT2D eigenvalue weighted by Crippen LogP contribution is -2.45. The van der Waals surface area contributed by atoms with Gasteiger partial charge < -0.3 is 15.7 Å². The number of hydrogen-bond donors (Lipinski definition) is 2. The summed E-state index contributed by atoms with van der Waals surface area (Å²) in [5, 5.41) is 9.62. The highest BCUT2D eigenvalue weighted by Gasteiger charge is 2.28. The summed E-state index contributed by atoms with van der Waals surface area (Å²) < 4.78 is 13.3. The van der Waals surface area contributed by atoms with Crippen LogP contribution in [0.25, 0.3) is 0 Å². The van der Waals surface area contributed by atoms with E-state index >= 15 is 0 Å². The van der Waals surface area contributed by atoms with Crippen molar-refractivity contribution in [3.63, 3.8) is 0 Å². The summed E-state index contributed by atoms with van der Waals surface area (Å²) in [6, 6.07) is 4.23. The van der Waals surface area contributed by atoms with Crippen molar-refractivity contribution >= 4 is 11.6 Å². The Bertz CT molecular complexity index is 464. The van der Waals surface area contributed by atoms with Gasteiger partial charge in [-0.25, -0.2) is 4.39 Å². The molecule has 1 aromatic rings. The van der Waals surface area contributed by atoms with Crippen molar-refractivity contribution < 1.29 is 14.3 Å². The normalized spacial score (nSPS) is 24.1.